The first-order chi connectivity index (χ1) is 12.0. The molecule has 0 aliphatic carbocycles. The Morgan fingerprint density at radius 1 is 1.08 bits per heavy atom. The summed E-state index contributed by atoms with van der Waals surface area (Å²) in [5, 5.41) is 0. The maximum Gasteiger partial charge on any atom is 0.389 e. The van der Waals surface area contributed by atoms with Gasteiger partial charge >= 0.3 is 6.18 Å². The van der Waals surface area contributed by atoms with Gasteiger partial charge < -0.3 is 9.47 Å². The van der Waals surface area contributed by atoms with Crippen LogP contribution >= 0.6 is 0 Å². The highest BCUT2D eigenvalue weighted by Crippen LogP contribution is 2.28. The normalized spacial score (nSPS) is 17.1. The van der Waals surface area contributed by atoms with Gasteiger partial charge in [0.1, 0.15) is 5.82 Å². The van der Waals surface area contributed by atoms with Crippen LogP contribution in [0.5, 0.6) is 0 Å². The minimum atomic E-state index is -4.05. The van der Waals surface area contributed by atoms with E-state index in [2.05, 4.69) is 19.4 Å². The summed E-state index contributed by atoms with van der Waals surface area (Å²) in [6.45, 7) is 2.88. The molecule has 136 valence electrons. The van der Waals surface area contributed by atoms with Crippen molar-refractivity contribution in [2.24, 2.45) is 0 Å². The van der Waals surface area contributed by atoms with E-state index >= 15 is 0 Å². The maximum absolute atomic E-state index is 12.2. The van der Waals surface area contributed by atoms with Crippen molar-refractivity contribution in [3.05, 3.63) is 48.3 Å². The van der Waals surface area contributed by atoms with E-state index < -0.39 is 12.6 Å². The van der Waals surface area contributed by atoms with Crippen LogP contribution in [0.2, 0.25) is 0 Å². The number of hydrogen-bond donors (Lipinski definition) is 0. The molecule has 0 spiro atoms. The van der Waals surface area contributed by atoms with Crippen LogP contribution in [0.3, 0.4) is 0 Å². The number of aromatic nitrogens is 3. The van der Waals surface area contributed by atoms with Crippen molar-refractivity contribution in [1.29, 1.82) is 0 Å². The standard InChI is InChI=1S/C18H23F3N4/c19-18(20,21)7-3-10-24-11-5-15(6-12-24)17-23-9-13-25(17)14-16-4-1-2-8-22-16/h1-2,4,8-9,13,15H,3,5-7,10-12,14H2. The van der Waals surface area contributed by atoms with E-state index in [0.717, 1.165) is 37.4 Å². The van der Waals surface area contributed by atoms with Gasteiger partial charge in [-0.1, -0.05) is 6.07 Å². The second kappa shape index (κ2) is 7.99. The van der Waals surface area contributed by atoms with Gasteiger partial charge in [0.25, 0.3) is 0 Å². The third-order valence-electron chi connectivity index (χ3n) is 4.69. The quantitative estimate of drug-likeness (QED) is 0.792. The summed E-state index contributed by atoms with van der Waals surface area (Å²) in [6, 6.07) is 5.86. The number of imidazole rings is 1. The Balaban J connectivity index is 1.51. The summed E-state index contributed by atoms with van der Waals surface area (Å²) >= 11 is 0. The van der Waals surface area contributed by atoms with Crippen LogP contribution in [-0.2, 0) is 6.54 Å². The molecule has 0 amide bonds. The fourth-order valence-corrected chi connectivity index (χ4v) is 3.40. The van der Waals surface area contributed by atoms with Crippen LogP contribution in [0, 0.1) is 0 Å². The lowest BCUT2D eigenvalue weighted by Gasteiger charge is -2.32. The Morgan fingerprint density at radius 3 is 2.56 bits per heavy atom. The molecule has 0 N–H and O–H groups in total. The first-order valence-electron chi connectivity index (χ1n) is 8.71. The smallest absolute Gasteiger partial charge is 0.329 e. The molecule has 0 saturated carbocycles. The van der Waals surface area contributed by atoms with Gasteiger partial charge in [-0.2, -0.15) is 13.2 Å². The first kappa shape index (κ1) is 17.9. The molecule has 2 aromatic rings. The minimum Gasteiger partial charge on any atom is -0.329 e. The molecule has 25 heavy (non-hydrogen) atoms. The zero-order valence-corrected chi connectivity index (χ0v) is 14.1. The van der Waals surface area contributed by atoms with Gasteiger partial charge in [0.2, 0.25) is 0 Å². The van der Waals surface area contributed by atoms with Gasteiger partial charge in [-0.05, 0) is 51.0 Å². The molecule has 3 rings (SSSR count). The van der Waals surface area contributed by atoms with E-state index in [9.17, 15) is 13.2 Å². The number of rotatable bonds is 6. The van der Waals surface area contributed by atoms with Crippen molar-refractivity contribution in [2.45, 2.75) is 44.3 Å². The van der Waals surface area contributed by atoms with Gasteiger partial charge in [-0.15, -0.1) is 0 Å². The number of nitrogens with zero attached hydrogens (tertiary/aromatic N) is 4. The molecule has 1 saturated heterocycles. The molecule has 3 heterocycles. The van der Waals surface area contributed by atoms with Crippen molar-refractivity contribution < 1.29 is 13.2 Å². The third kappa shape index (κ3) is 5.29. The number of likely N-dealkylation sites (tertiary alicyclic amines) is 1. The van der Waals surface area contributed by atoms with Gasteiger partial charge in [-0.3, -0.25) is 4.98 Å². The third-order valence-corrected chi connectivity index (χ3v) is 4.69. The largest absolute Gasteiger partial charge is 0.389 e. The molecule has 0 atom stereocenters. The summed E-state index contributed by atoms with van der Waals surface area (Å²) in [5.74, 6) is 1.41. The van der Waals surface area contributed by atoms with Gasteiger partial charge in [0.05, 0.1) is 12.2 Å². The predicted molar refractivity (Wildman–Crippen MR) is 89.3 cm³/mol. The monoisotopic (exact) mass is 352 g/mol. The molecule has 4 nitrogen and oxygen atoms in total. The summed E-state index contributed by atoms with van der Waals surface area (Å²) in [5.41, 5.74) is 0.992. The van der Waals surface area contributed by atoms with Crippen molar-refractivity contribution in [2.75, 3.05) is 19.6 Å². The van der Waals surface area contributed by atoms with Crippen LogP contribution in [0.25, 0.3) is 0 Å². The van der Waals surface area contributed by atoms with E-state index in [1.807, 2.05) is 30.6 Å². The van der Waals surface area contributed by atoms with Crippen molar-refractivity contribution in [1.82, 2.24) is 19.4 Å². The molecule has 0 aromatic carbocycles. The second-order valence-electron chi connectivity index (χ2n) is 6.57. The maximum atomic E-state index is 12.2. The van der Waals surface area contributed by atoms with Gasteiger partial charge in [0.15, 0.2) is 0 Å². The van der Waals surface area contributed by atoms with Crippen molar-refractivity contribution >= 4 is 0 Å². The van der Waals surface area contributed by atoms with Crippen LogP contribution < -0.4 is 0 Å². The average molecular weight is 352 g/mol. The SMILES string of the molecule is FC(F)(F)CCCN1CCC(c2nccn2Cc2ccccn2)CC1. The molecular formula is C18H23F3N4. The topological polar surface area (TPSA) is 34.0 Å². The lowest BCUT2D eigenvalue weighted by molar-refractivity contribution is -0.136. The summed E-state index contributed by atoms with van der Waals surface area (Å²) in [6.07, 6.45) is 2.88. The van der Waals surface area contributed by atoms with E-state index in [0.29, 0.717) is 19.0 Å². The number of alkyl halides is 3. The predicted octanol–water partition coefficient (Wildman–Crippen LogP) is 3.85. The van der Waals surface area contributed by atoms with E-state index in [4.69, 9.17) is 0 Å². The van der Waals surface area contributed by atoms with E-state index in [1.165, 1.54) is 0 Å². The van der Waals surface area contributed by atoms with Crippen LogP contribution in [0.4, 0.5) is 13.2 Å². The van der Waals surface area contributed by atoms with Crippen molar-refractivity contribution in [3.8, 4) is 0 Å². The minimum absolute atomic E-state index is 0.183. The first-order valence-corrected chi connectivity index (χ1v) is 8.71. The Morgan fingerprint density at radius 2 is 1.88 bits per heavy atom. The Hall–Kier alpha value is -1.89. The second-order valence-corrected chi connectivity index (χ2v) is 6.57. The summed E-state index contributed by atoms with van der Waals surface area (Å²) < 4.78 is 38.9. The van der Waals surface area contributed by atoms with E-state index in [-0.39, 0.29) is 6.42 Å². The highest BCUT2D eigenvalue weighted by atomic mass is 19.4. The Labute approximate surface area is 145 Å². The molecule has 2 aromatic heterocycles. The summed E-state index contributed by atoms with van der Waals surface area (Å²) in [7, 11) is 0. The van der Waals surface area contributed by atoms with Crippen LogP contribution in [0.15, 0.2) is 36.8 Å². The number of pyridine rings is 1. The fraction of sp³-hybridized carbons (Fsp3) is 0.556. The molecule has 1 aliphatic rings. The molecular weight excluding hydrogens is 329 g/mol. The molecule has 0 bridgehead atoms. The van der Waals surface area contributed by atoms with Crippen LogP contribution in [-0.4, -0.2) is 45.2 Å². The van der Waals surface area contributed by atoms with Gasteiger partial charge in [0, 0.05) is 30.9 Å². The Kier molecular flexibility index (Phi) is 5.73. The zero-order valence-electron chi connectivity index (χ0n) is 14.1. The number of hydrogen-bond acceptors (Lipinski definition) is 3. The molecule has 1 aliphatic heterocycles. The fourth-order valence-electron chi connectivity index (χ4n) is 3.40. The lowest BCUT2D eigenvalue weighted by atomic mass is 9.95. The van der Waals surface area contributed by atoms with Gasteiger partial charge in [-0.25, -0.2) is 4.98 Å². The number of piperidine rings is 1. The van der Waals surface area contributed by atoms with E-state index in [1.54, 1.807) is 6.20 Å². The Bertz CT molecular complexity index is 646. The van der Waals surface area contributed by atoms with Crippen molar-refractivity contribution in [3.63, 3.8) is 0 Å². The average Bonchev–Trinajstić information content (AvgIpc) is 3.03. The zero-order chi connectivity index (χ0) is 17.7. The molecule has 0 radical (unpaired) electrons. The molecule has 7 heteroatoms. The molecule has 0 unspecified atom stereocenters. The van der Waals surface area contributed by atoms with Crippen LogP contribution in [0.1, 0.15) is 43.1 Å². The lowest BCUT2D eigenvalue weighted by Crippen LogP contribution is -2.34. The number of halogens is 3. The highest BCUT2D eigenvalue weighted by molar-refractivity contribution is 5.09. The highest BCUT2D eigenvalue weighted by Gasteiger charge is 2.28. The summed E-state index contributed by atoms with van der Waals surface area (Å²) in [4.78, 5) is 11.0. The molecule has 1 fully saturated rings.